The van der Waals surface area contributed by atoms with Gasteiger partial charge in [-0.25, -0.2) is 17.5 Å². The van der Waals surface area contributed by atoms with Crippen molar-refractivity contribution in [3.8, 4) is 0 Å². The fraction of sp³-hybridized carbons (Fsp3) is 0.333. The largest absolute Gasteiger partial charge is 0.299 e. The Morgan fingerprint density at radius 1 is 1.24 bits per heavy atom. The number of allylic oxidation sites excluding steroid dienone is 5. The lowest BCUT2D eigenvalue weighted by molar-refractivity contribution is -0.126. The second-order valence-electron chi connectivity index (χ2n) is 8.58. The van der Waals surface area contributed by atoms with Crippen molar-refractivity contribution in [1.29, 1.82) is 0 Å². The van der Waals surface area contributed by atoms with Gasteiger partial charge in [-0.05, 0) is 43.2 Å². The van der Waals surface area contributed by atoms with Crippen molar-refractivity contribution in [2.75, 3.05) is 5.75 Å². The van der Waals surface area contributed by atoms with Gasteiger partial charge >= 0.3 is 0 Å². The maximum absolute atomic E-state index is 14.1. The van der Waals surface area contributed by atoms with E-state index in [0.29, 0.717) is 17.7 Å². The summed E-state index contributed by atoms with van der Waals surface area (Å²) in [6.45, 7) is 3.41. The average molecular weight is 489 g/mol. The Morgan fingerprint density at radius 2 is 1.97 bits per heavy atom. The van der Waals surface area contributed by atoms with Gasteiger partial charge in [0.25, 0.3) is 15.9 Å². The fourth-order valence-electron chi connectivity index (χ4n) is 4.04. The lowest BCUT2D eigenvalue weighted by Gasteiger charge is -2.33. The van der Waals surface area contributed by atoms with Crippen LogP contribution in [0.1, 0.15) is 26.7 Å². The van der Waals surface area contributed by atoms with Gasteiger partial charge in [0, 0.05) is 23.6 Å². The molecule has 6 nitrogen and oxygen atoms in total. The number of carbonyl (C=O) groups is 2. The molecule has 0 radical (unpaired) electrons. The maximum atomic E-state index is 14.1. The summed E-state index contributed by atoms with van der Waals surface area (Å²) in [5.41, 5.74) is 0.590. The predicted molar refractivity (Wildman–Crippen MR) is 126 cm³/mol. The molecule has 3 aliphatic rings. The zero-order valence-electron chi connectivity index (χ0n) is 18.3. The van der Waals surface area contributed by atoms with E-state index in [4.69, 9.17) is 0 Å². The molecule has 1 aromatic rings. The SMILES string of the molecule is CC1CC(C(=O)NS(=O)(=O)c2ccccc2)=CC=C1N1C(=O)CSC1C1=CCC(C)(F)C=C1. The zero-order chi connectivity index (χ0) is 23.8. The predicted octanol–water partition coefficient (Wildman–Crippen LogP) is 3.86. The molecule has 4 rings (SSSR count). The Bertz CT molecular complexity index is 1200. The molecule has 0 bridgehead atoms. The van der Waals surface area contributed by atoms with Gasteiger partial charge in [0.05, 0.1) is 10.6 Å². The Hall–Kier alpha value is -2.65. The molecule has 9 heteroatoms. The third-order valence-electron chi connectivity index (χ3n) is 5.85. The summed E-state index contributed by atoms with van der Waals surface area (Å²) in [5.74, 6) is -0.585. The van der Waals surface area contributed by atoms with Crippen molar-refractivity contribution in [1.82, 2.24) is 9.62 Å². The van der Waals surface area contributed by atoms with Crippen LogP contribution in [0.2, 0.25) is 0 Å². The molecule has 1 heterocycles. The van der Waals surface area contributed by atoms with Gasteiger partial charge in [-0.1, -0.05) is 43.4 Å². The van der Waals surface area contributed by atoms with Gasteiger partial charge < -0.3 is 0 Å². The highest BCUT2D eigenvalue weighted by Crippen LogP contribution is 2.40. The first-order chi connectivity index (χ1) is 15.6. The molecule has 1 fully saturated rings. The molecule has 1 saturated heterocycles. The summed E-state index contributed by atoms with van der Waals surface area (Å²) in [4.78, 5) is 27.1. The van der Waals surface area contributed by atoms with E-state index in [1.54, 1.807) is 41.3 Å². The average Bonchev–Trinajstić information content (AvgIpc) is 3.15. The molecule has 2 aliphatic carbocycles. The van der Waals surface area contributed by atoms with Crippen molar-refractivity contribution in [2.24, 2.45) is 5.92 Å². The third-order valence-corrected chi connectivity index (χ3v) is 8.41. The minimum atomic E-state index is -3.97. The quantitative estimate of drug-likeness (QED) is 0.681. The van der Waals surface area contributed by atoms with Crippen LogP contribution in [0.15, 0.2) is 82.5 Å². The van der Waals surface area contributed by atoms with Crippen molar-refractivity contribution >= 4 is 33.6 Å². The first-order valence-electron chi connectivity index (χ1n) is 10.6. The number of carbonyl (C=O) groups excluding carboxylic acids is 2. The topological polar surface area (TPSA) is 83.6 Å². The Labute approximate surface area is 197 Å². The Balaban J connectivity index is 1.54. The molecule has 174 valence electrons. The summed E-state index contributed by atoms with van der Waals surface area (Å²) in [6.07, 6.45) is 8.93. The van der Waals surface area contributed by atoms with Gasteiger partial charge in [0.1, 0.15) is 11.0 Å². The number of nitrogens with one attached hydrogen (secondary N) is 1. The number of amides is 2. The van der Waals surface area contributed by atoms with Gasteiger partial charge in [0.15, 0.2) is 0 Å². The summed E-state index contributed by atoms with van der Waals surface area (Å²) in [7, 11) is -3.97. The van der Waals surface area contributed by atoms with Crippen molar-refractivity contribution in [3.63, 3.8) is 0 Å². The molecule has 0 aromatic heterocycles. The van der Waals surface area contributed by atoms with Crippen molar-refractivity contribution in [2.45, 2.75) is 42.6 Å². The van der Waals surface area contributed by atoms with Crippen LogP contribution in [0.5, 0.6) is 0 Å². The molecule has 2 amide bonds. The number of nitrogens with zero attached hydrogens (tertiary/aromatic N) is 1. The van der Waals surface area contributed by atoms with Gasteiger partial charge in [-0.15, -0.1) is 11.8 Å². The molecule has 1 N–H and O–H groups in total. The van der Waals surface area contributed by atoms with Crippen LogP contribution in [-0.2, 0) is 19.6 Å². The molecule has 33 heavy (non-hydrogen) atoms. The van der Waals surface area contributed by atoms with Crippen molar-refractivity contribution < 1.29 is 22.4 Å². The van der Waals surface area contributed by atoms with Crippen LogP contribution in [0.25, 0.3) is 0 Å². The number of benzene rings is 1. The molecule has 3 unspecified atom stereocenters. The molecule has 1 aliphatic heterocycles. The second-order valence-corrected chi connectivity index (χ2v) is 11.3. The molecule has 3 atom stereocenters. The highest BCUT2D eigenvalue weighted by atomic mass is 32.2. The number of hydrogen-bond acceptors (Lipinski definition) is 5. The standard InChI is InChI=1S/C24H25FN2O4S2/c1-16-14-18(22(29)26-33(30,31)19-6-4-3-5-7-19)8-9-20(16)27-21(28)15-32-23(27)17-10-12-24(2,25)13-11-17/h3-12,16,23H,13-15H2,1-2H3,(H,26,29). The van der Waals surface area contributed by atoms with E-state index in [0.717, 1.165) is 11.3 Å². The van der Waals surface area contributed by atoms with E-state index in [1.807, 2.05) is 13.0 Å². The summed E-state index contributed by atoms with van der Waals surface area (Å²) < 4.78 is 41.2. The fourth-order valence-corrected chi connectivity index (χ4v) is 6.24. The van der Waals surface area contributed by atoms with E-state index in [-0.39, 0.29) is 28.5 Å². The molecule has 0 spiro atoms. The van der Waals surface area contributed by atoms with E-state index in [1.165, 1.54) is 36.9 Å². The van der Waals surface area contributed by atoms with Crippen LogP contribution >= 0.6 is 11.8 Å². The lowest BCUT2D eigenvalue weighted by atomic mass is 9.90. The monoisotopic (exact) mass is 488 g/mol. The Kier molecular flexibility index (Phi) is 6.37. The summed E-state index contributed by atoms with van der Waals surface area (Å²) >= 11 is 1.49. The summed E-state index contributed by atoms with van der Waals surface area (Å²) in [6, 6.07) is 7.70. The smallest absolute Gasteiger partial charge is 0.264 e. The van der Waals surface area contributed by atoms with E-state index in [9.17, 15) is 22.4 Å². The van der Waals surface area contributed by atoms with Crippen molar-refractivity contribution in [3.05, 3.63) is 77.6 Å². The minimum absolute atomic E-state index is 0.0137. The maximum Gasteiger partial charge on any atom is 0.264 e. The van der Waals surface area contributed by atoms with E-state index >= 15 is 0 Å². The number of alkyl halides is 1. The number of thioether (sulfide) groups is 1. The van der Waals surface area contributed by atoms with E-state index in [2.05, 4.69) is 4.72 Å². The van der Waals surface area contributed by atoms with Crippen LogP contribution in [0.3, 0.4) is 0 Å². The second kappa shape index (κ2) is 8.95. The first-order valence-corrected chi connectivity index (χ1v) is 13.2. The number of sulfonamides is 1. The summed E-state index contributed by atoms with van der Waals surface area (Å²) in [5, 5.41) is -0.249. The van der Waals surface area contributed by atoms with Crippen LogP contribution in [-0.4, -0.2) is 41.9 Å². The molecular formula is C24H25FN2O4S2. The zero-order valence-corrected chi connectivity index (χ0v) is 20.0. The van der Waals surface area contributed by atoms with Gasteiger partial charge in [0.2, 0.25) is 5.91 Å². The third kappa shape index (κ3) is 4.99. The van der Waals surface area contributed by atoms with Gasteiger partial charge in [-0.2, -0.15) is 0 Å². The number of hydrogen-bond donors (Lipinski definition) is 1. The van der Waals surface area contributed by atoms with Crippen LogP contribution in [0, 0.1) is 5.92 Å². The lowest BCUT2D eigenvalue weighted by Crippen LogP contribution is -2.38. The molecule has 1 aromatic carbocycles. The molecule has 0 saturated carbocycles. The van der Waals surface area contributed by atoms with Crippen LogP contribution < -0.4 is 4.72 Å². The first kappa shape index (κ1) is 23.5. The number of halogens is 1. The highest BCUT2D eigenvalue weighted by Gasteiger charge is 2.39. The number of rotatable bonds is 5. The van der Waals surface area contributed by atoms with Crippen LogP contribution in [0.4, 0.5) is 4.39 Å². The minimum Gasteiger partial charge on any atom is -0.299 e. The van der Waals surface area contributed by atoms with E-state index < -0.39 is 21.6 Å². The highest BCUT2D eigenvalue weighted by molar-refractivity contribution is 8.01. The molecular weight excluding hydrogens is 463 g/mol. The van der Waals surface area contributed by atoms with Gasteiger partial charge in [-0.3, -0.25) is 14.5 Å². The normalized spacial score (nSPS) is 27.7. The Morgan fingerprint density at radius 3 is 2.61 bits per heavy atom.